The fourth-order valence-electron chi connectivity index (χ4n) is 5.35. The van der Waals surface area contributed by atoms with E-state index in [0.717, 1.165) is 60.7 Å². The molecule has 0 aliphatic heterocycles. The molecular formula is C27H30FNO2. The van der Waals surface area contributed by atoms with E-state index in [1.165, 1.54) is 12.8 Å². The molecule has 31 heavy (non-hydrogen) atoms. The number of carbonyl (C=O) groups excluding carboxylic acids is 1. The molecule has 1 N–H and O–H groups in total. The summed E-state index contributed by atoms with van der Waals surface area (Å²) in [7, 11) is 0. The average Bonchev–Trinajstić information content (AvgIpc) is 3.45. The molecule has 162 valence electrons. The van der Waals surface area contributed by atoms with Crippen LogP contribution in [0, 0.1) is 11.7 Å². The topological polar surface area (TPSA) is 42.1 Å². The first-order chi connectivity index (χ1) is 15.1. The van der Waals surface area contributed by atoms with E-state index in [2.05, 4.69) is 11.9 Å². The van der Waals surface area contributed by atoms with E-state index >= 15 is 0 Å². The predicted octanol–water partition coefficient (Wildman–Crippen LogP) is 7.37. The summed E-state index contributed by atoms with van der Waals surface area (Å²) < 4.78 is 20.7. The Balaban J connectivity index is 1.49. The lowest BCUT2D eigenvalue weighted by Crippen LogP contribution is -2.23. The number of aromatic nitrogens is 1. The van der Waals surface area contributed by atoms with E-state index in [9.17, 15) is 9.18 Å². The molecule has 0 bridgehead atoms. The molecule has 2 aromatic carbocycles. The van der Waals surface area contributed by atoms with Gasteiger partial charge in [0.15, 0.2) is 0 Å². The van der Waals surface area contributed by atoms with E-state index in [1.807, 2.05) is 30.3 Å². The maximum Gasteiger partial charge on any atom is 0.355 e. The number of aromatic amines is 1. The number of benzene rings is 2. The van der Waals surface area contributed by atoms with Crippen molar-refractivity contribution in [3.63, 3.8) is 0 Å². The molecule has 1 aromatic heterocycles. The number of H-pyrrole nitrogens is 1. The molecule has 0 amide bonds. The van der Waals surface area contributed by atoms with Gasteiger partial charge in [-0.1, -0.05) is 44.0 Å². The van der Waals surface area contributed by atoms with Crippen LogP contribution in [0.15, 0.2) is 42.5 Å². The average molecular weight is 420 g/mol. The molecule has 0 spiro atoms. The Bertz CT molecular complexity index is 1090. The summed E-state index contributed by atoms with van der Waals surface area (Å²) in [5.74, 6) is 0.591. The molecule has 2 fully saturated rings. The van der Waals surface area contributed by atoms with Crippen LogP contribution >= 0.6 is 0 Å². The third kappa shape index (κ3) is 4.13. The van der Waals surface area contributed by atoms with Crippen molar-refractivity contribution in [2.75, 3.05) is 0 Å². The van der Waals surface area contributed by atoms with Crippen LogP contribution in [0.4, 0.5) is 4.39 Å². The van der Waals surface area contributed by atoms with Crippen molar-refractivity contribution in [1.29, 1.82) is 0 Å². The highest BCUT2D eigenvalue weighted by Gasteiger charge is 2.27. The Hall–Kier alpha value is -2.62. The molecule has 0 saturated heterocycles. The predicted molar refractivity (Wildman–Crippen MR) is 122 cm³/mol. The molecule has 1 heterocycles. The van der Waals surface area contributed by atoms with Gasteiger partial charge in [0.2, 0.25) is 0 Å². The number of esters is 1. The highest BCUT2D eigenvalue weighted by atomic mass is 19.1. The molecular weight excluding hydrogens is 389 g/mol. The van der Waals surface area contributed by atoms with Crippen molar-refractivity contribution in [2.24, 2.45) is 5.92 Å². The zero-order valence-electron chi connectivity index (χ0n) is 18.1. The minimum Gasteiger partial charge on any atom is -0.458 e. The summed E-state index contributed by atoms with van der Waals surface area (Å²) in [6.07, 6.45) is 8.70. The van der Waals surface area contributed by atoms with E-state index in [-0.39, 0.29) is 17.9 Å². The van der Waals surface area contributed by atoms with Gasteiger partial charge in [0, 0.05) is 16.6 Å². The second kappa shape index (κ2) is 8.49. The van der Waals surface area contributed by atoms with Crippen molar-refractivity contribution in [1.82, 2.24) is 4.98 Å². The fraction of sp³-hybridized carbons (Fsp3) is 0.444. The second-order valence-electron chi connectivity index (χ2n) is 9.46. The van der Waals surface area contributed by atoms with Crippen LogP contribution in [0.25, 0.3) is 22.0 Å². The van der Waals surface area contributed by atoms with Crippen molar-refractivity contribution < 1.29 is 13.9 Å². The minimum absolute atomic E-state index is 0.00324. The Kier molecular flexibility index (Phi) is 5.56. The largest absolute Gasteiger partial charge is 0.458 e. The van der Waals surface area contributed by atoms with E-state index in [4.69, 9.17) is 4.74 Å². The summed E-state index contributed by atoms with van der Waals surface area (Å²) in [6, 6.07) is 13.1. The SMILES string of the molecule is CC1CCC(OC(=O)c2cc(C3CCCC3)c(-c3cc(F)c4ccccc4c3)[nH]2)CC1. The second-order valence-corrected chi connectivity index (χ2v) is 9.46. The first kappa shape index (κ1) is 20.3. The molecule has 0 radical (unpaired) electrons. The van der Waals surface area contributed by atoms with Gasteiger partial charge < -0.3 is 9.72 Å². The van der Waals surface area contributed by atoms with Crippen LogP contribution in [-0.2, 0) is 4.74 Å². The molecule has 0 unspecified atom stereocenters. The van der Waals surface area contributed by atoms with Gasteiger partial charge in [-0.15, -0.1) is 0 Å². The van der Waals surface area contributed by atoms with Gasteiger partial charge >= 0.3 is 5.97 Å². The number of hydrogen-bond acceptors (Lipinski definition) is 2. The van der Waals surface area contributed by atoms with Crippen LogP contribution in [0.2, 0.25) is 0 Å². The smallest absolute Gasteiger partial charge is 0.355 e. The number of fused-ring (bicyclic) bond motifs is 1. The number of halogens is 1. The van der Waals surface area contributed by atoms with Crippen LogP contribution in [0.5, 0.6) is 0 Å². The van der Waals surface area contributed by atoms with Gasteiger partial charge in [-0.3, -0.25) is 0 Å². The van der Waals surface area contributed by atoms with Gasteiger partial charge in [-0.2, -0.15) is 0 Å². The molecule has 3 aromatic rings. The van der Waals surface area contributed by atoms with Gasteiger partial charge in [0.1, 0.15) is 17.6 Å². The van der Waals surface area contributed by atoms with Gasteiger partial charge in [0.25, 0.3) is 0 Å². The van der Waals surface area contributed by atoms with E-state index in [1.54, 1.807) is 12.1 Å². The first-order valence-electron chi connectivity index (χ1n) is 11.7. The van der Waals surface area contributed by atoms with Crippen molar-refractivity contribution in [3.05, 3.63) is 59.5 Å². The highest BCUT2D eigenvalue weighted by molar-refractivity contribution is 5.92. The molecule has 2 aliphatic carbocycles. The Morgan fingerprint density at radius 3 is 2.52 bits per heavy atom. The molecule has 3 nitrogen and oxygen atoms in total. The zero-order chi connectivity index (χ0) is 21.4. The summed E-state index contributed by atoms with van der Waals surface area (Å²) in [6.45, 7) is 2.26. The maximum absolute atomic E-state index is 14.8. The normalized spacial score (nSPS) is 22.1. The highest BCUT2D eigenvalue weighted by Crippen LogP contribution is 2.40. The van der Waals surface area contributed by atoms with Crippen molar-refractivity contribution >= 4 is 16.7 Å². The maximum atomic E-state index is 14.8. The quantitative estimate of drug-likeness (QED) is 0.449. The molecule has 5 rings (SSSR count). The number of hydrogen-bond donors (Lipinski definition) is 1. The molecule has 2 aliphatic rings. The monoisotopic (exact) mass is 419 g/mol. The third-order valence-electron chi connectivity index (χ3n) is 7.20. The summed E-state index contributed by atoms with van der Waals surface area (Å²) >= 11 is 0. The lowest BCUT2D eigenvalue weighted by atomic mass is 9.89. The lowest BCUT2D eigenvalue weighted by molar-refractivity contribution is 0.0168. The van der Waals surface area contributed by atoms with Gasteiger partial charge in [-0.05, 0) is 79.5 Å². The molecule has 2 saturated carbocycles. The van der Waals surface area contributed by atoms with Crippen molar-refractivity contribution in [2.45, 2.75) is 70.3 Å². The Labute approximate surface area is 183 Å². The summed E-state index contributed by atoms with van der Waals surface area (Å²) in [5.41, 5.74) is 3.27. The molecule has 4 heteroatoms. The number of carbonyl (C=O) groups is 1. The third-order valence-corrected chi connectivity index (χ3v) is 7.20. The van der Waals surface area contributed by atoms with Crippen LogP contribution in [0.3, 0.4) is 0 Å². The van der Waals surface area contributed by atoms with Crippen molar-refractivity contribution in [3.8, 4) is 11.3 Å². The van der Waals surface area contributed by atoms with Crippen LogP contribution in [-0.4, -0.2) is 17.1 Å². The van der Waals surface area contributed by atoms with E-state index in [0.29, 0.717) is 22.9 Å². The van der Waals surface area contributed by atoms with Gasteiger partial charge in [0.05, 0.1) is 0 Å². The molecule has 0 atom stereocenters. The minimum atomic E-state index is -0.286. The number of nitrogens with one attached hydrogen (secondary N) is 1. The number of rotatable bonds is 4. The standard InChI is InChI=1S/C27H30FNO2/c1-17-10-12-21(13-11-17)31-27(30)25-16-23(18-6-2-3-7-18)26(29-25)20-14-19-8-4-5-9-22(19)24(28)15-20/h4-5,8-9,14-18,21,29H,2-3,6-7,10-13H2,1H3. The van der Waals surface area contributed by atoms with E-state index < -0.39 is 0 Å². The van der Waals surface area contributed by atoms with Gasteiger partial charge in [-0.25, -0.2) is 9.18 Å². The Morgan fingerprint density at radius 2 is 1.74 bits per heavy atom. The fourth-order valence-corrected chi connectivity index (χ4v) is 5.35. The summed E-state index contributed by atoms with van der Waals surface area (Å²) in [4.78, 5) is 16.3. The summed E-state index contributed by atoms with van der Waals surface area (Å²) in [5, 5.41) is 1.48. The number of ether oxygens (including phenoxy) is 1. The first-order valence-corrected chi connectivity index (χ1v) is 11.7. The lowest BCUT2D eigenvalue weighted by Gasteiger charge is -2.25. The van der Waals surface area contributed by atoms with Crippen LogP contribution < -0.4 is 0 Å². The van der Waals surface area contributed by atoms with Crippen LogP contribution in [0.1, 0.15) is 80.3 Å². The zero-order valence-corrected chi connectivity index (χ0v) is 18.1. The Morgan fingerprint density at radius 1 is 1.00 bits per heavy atom.